The van der Waals surface area contributed by atoms with Gasteiger partial charge in [-0.1, -0.05) is 6.07 Å². The molecule has 1 aliphatic carbocycles. The van der Waals surface area contributed by atoms with Crippen LogP contribution in [-0.4, -0.2) is 39.1 Å². The molecule has 1 aliphatic heterocycles. The van der Waals surface area contributed by atoms with Crippen molar-refractivity contribution in [3.8, 4) is 17.0 Å². The fourth-order valence-electron chi connectivity index (χ4n) is 3.50. The van der Waals surface area contributed by atoms with Crippen molar-refractivity contribution in [3.63, 3.8) is 0 Å². The van der Waals surface area contributed by atoms with E-state index in [2.05, 4.69) is 9.88 Å². The van der Waals surface area contributed by atoms with Crippen LogP contribution in [0, 0.1) is 0 Å². The van der Waals surface area contributed by atoms with Gasteiger partial charge in [-0.2, -0.15) is 0 Å². The zero-order chi connectivity index (χ0) is 16.7. The molecule has 2 aromatic rings. The molecule has 0 unspecified atom stereocenters. The van der Waals surface area contributed by atoms with E-state index in [0.717, 1.165) is 37.3 Å². The fourth-order valence-corrected chi connectivity index (χ4v) is 4.58. The van der Waals surface area contributed by atoms with Crippen LogP contribution in [0.3, 0.4) is 0 Å². The lowest BCUT2D eigenvalue weighted by Gasteiger charge is -2.19. The van der Waals surface area contributed by atoms with Gasteiger partial charge in [0.2, 0.25) is 0 Å². The summed E-state index contributed by atoms with van der Waals surface area (Å²) in [4.78, 5) is 26.3. The largest absolute Gasteiger partial charge is 0.480 e. The van der Waals surface area contributed by atoms with Crippen LogP contribution < -0.4 is 4.74 Å². The number of hydrogen-bond acceptors (Lipinski definition) is 5. The minimum atomic E-state index is -4.21. The van der Waals surface area contributed by atoms with Gasteiger partial charge in [-0.3, -0.25) is 9.46 Å². The van der Waals surface area contributed by atoms with Gasteiger partial charge in [0.15, 0.2) is 6.35 Å². The summed E-state index contributed by atoms with van der Waals surface area (Å²) in [6.07, 6.45) is 2.72. The van der Waals surface area contributed by atoms with Gasteiger partial charge in [0.25, 0.3) is 0 Å². The van der Waals surface area contributed by atoms with Crippen LogP contribution in [0.15, 0.2) is 17.6 Å². The highest BCUT2D eigenvalue weighted by atomic mass is 32.1. The summed E-state index contributed by atoms with van der Waals surface area (Å²) in [5.74, 6) is 0.517. The van der Waals surface area contributed by atoms with E-state index >= 15 is 0 Å². The third-order valence-electron chi connectivity index (χ3n) is 4.57. The van der Waals surface area contributed by atoms with Gasteiger partial charge in [0, 0.05) is 23.4 Å². The monoisotopic (exact) mass is 366 g/mol. The minimum Gasteiger partial charge on any atom is -0.480 e. The molecule has 1 fully saturated rings. The van der Waals surface area contributed by atoms with E-state index in [-0.39, 0.29) is 0 Å². The van der Waals surface area contributed by atoms with Crippen molar-refractivity contribution in [2.24, 2.45) is 0 Å². The van der Waals surface area contributed by atoms with Crippen molar-refractivity contribution in [2.75, 3.05) is 19.4 Å². The van der Waals surface area contributed by atoms with Gasteiger partial charge in [-0.05, 0) is 43.1 Å². The molecule has 0 spiro atoms. The summed E-state index contributed by atoms with van der Waals surface area (Å²) < 4.78 is 16.6. The Kier molecular flexibility index (Phi) is 4.22. The molecule has 8 heteroatoms. The molecule has 1 saturated heterocycles. The summed E-state index contributed by atoms with van der Waals surface area (Å²) in [7, 11) is -4.21. The quantitative estimate of drug-likeness (QED) is 0.676. The maximum Gasteiger partial charge on any atom is 0.362 e. The molecular formula is C16H19N2O4PS. The molecule has 24 heavy (non-hydrogen) atoms. The molecular weight excluding hydrogens is 347 g/mol. The Morgan fingerprint density at radius 1 is 1.29 bits per heavy atom. The van der Waals surface area contributed by atoms with E-state index in [9.17, 15) is 4.57 Å². The molecule has 0 saturated carbocycles. The third-order valence-corrected chi connectivity index (χ3v) is 5.87. The number of hydrogen-bond donors (Lipinski definition) is 2. The van der Waals surface area contributed by atoms with E-state index in [0.29, 0.717) is 5.75 Å². The van der Waals surface area contributed by atoms with E-state index in [1.165, 1.54) is 28.8 Å². The second-order valence-electron chi connectivity index (χ2n) is 6.30. The predicted octanol–water partition coefficient (Wildman–Crippen LogP) is 2.82. The lowest BCUT2D eigenvalue weighted by atomic mass is 10.0. The second kappa shape index (κ2) is 6.24. The number of thiazole rings is 1. The Morgan fingerprint density at radius 3 is 2.83 bits per heavy atom. The summed E-state index contributed by atoms with van der Waals surface area (Å²) in [5, 5.41) is 0. The molecule has 4 rings (SSSR count). The highest BCUT2D eigenvalue weighted by molar-refractivity contribution is 7.51. The molecule has 1 aromatic heterocycles. The van der Waals surface area contributed by atoms with Crippen molar-refractivity contribution in [3.05, 3.63) is 33.6 Å². The average Bonchev–Trinajstić information content (AvgIpc) is 3.21. The minimum absolute atomic E-state index is 0.517. The normalized spacial score (nSPS) is 17.1. The Balaban J connectivity index is 1.69. The van der Waals surface area contributed by atoms with Gasteiger partial charge >= 0.3 is 7.60 Å². The van der Waals surface area contributed by atoms with Gasteiger partial charge < -0.3 is 14.5 Å². The number of aromatic nitrogens is 1. The smallest absolute Gasteiger partial charge is 0.362 e. The molecule has 2 heterocycles. The standard InChI is InChI=1S/C16H19N2O4PS/c19-23(20,21)10-22-13-4-3-11(8-18-5-1-2-6-18)12-7-14-16(15(12)13)17-9-24-14/h3-4,9H,1-2,5-8,10H2,(H2,19,20,21). The van der Waals surface area contributed by atoms with Crippen molar-refractivity contribution < 1.29 is 19.1 Å². The van der Waals surface area contributed by atoms with Gasteiger partial charge in [0.1, 0.15) is 5.75 Å². The molecule has 0 radical (unpaired) electrons. The maximum atomic E-state index is 11.1. The summed E-state index contributed by atoms with van der Waals surface area (Å²) in [6.45, 7) is 3.17. The van der Waals surface area contributed by atoms with Crippen molar-refractivity contribution in [2.45, 2.75) is 25.8 Å². The number of nitrogens with zero attached hydrogens (tertiary/aromatic N) is 2. The number of ether oxygens (including phenoxy) is 1. The first-order valence-electron chi connectivity index (χ1n) is 7.98. The van der Waals surface area contributed by atoms with Crippen LogP contribution in [0.2, 0.25) is 0 Å². The average molecular weight is 366 g/mol. The topological polar surface area (TPSA) is 82.9 Å². The molecule has 6 nitrogen and oxygen atoms in total. The first-order chi connectivity index (χ1) is 11.5. The van der Waals surface area contributed by atoms with E-state index < -0.39 is 13.9 Å². The fraction of sp³-hybridized carbons (Fsp3) is 0.438. The Labute approximate surface area is 144 Å². The van der Waals surface area contributed by atoms with Crippen LogP contribution in [0.25, 0.3) is 11.3 Å². The second-order valence-corrected chi connectivity index (χ2v) is 8.83. The molecule has 2 aliphatic rings. The number of likely N-dealkylation sites (tertiary alicyclic amines) is 1. The molecule has 0 bridgehead atoms. The molecule has 0 atom stereocenters. The van der Waals surface area contributed by atoms with Crippen LogP contribution >= 0.6 is 18.9 Å². The van der Waals surface area contributed by atoms with E-state index in [1.54, 1.807) is 11.3 Å². The van der Waals surface area contributed by atoms with E-state index in [4.69, 9.17) is 14.5 Å². The predicted molar refractivity (Wildman–Crippen MR) is 92.4 cm³/mol. The molecule has 1 aromatic carbocycles. The lowest BCUT2D eigenvalue weighted by molar-refractivity contribution is 0.301. The van der Waals surface area contributed by atoms with Crippen LogP contribution in [0.4, 0.5) is 0 Å². The first-order valence-corrected chi connectivity index (χ1v) is 10.7. The Hall–Kier alpha value is -1.24. The zero-order valence-corrected chi connectivity index (χ0v) is 14.9. The molecule has 0 amide bonds. The van der Waals surface area contributed by atoms with Crippen molar-refractivity contribution in [1.29, 1.82) is 0 Å². The lowest BCUT2D eigenvalue weighted by Crippen LogP contribution is -2.19. The van der Waals surface area contributed by atoms with Gasteiger partial charge in [-0.15, -0.1) is 11.3 Å². The third kappa shape index (κ3) is 3.15. The van der Waals surface area contributed by atoms with Crippen LogP contribution in [-0.2, 0) is 17.5 Å². The van der Waals surface area contributed by atoms with Gasteiger partial charge in [-0.25, -0.2) is 4.98 Å². The summed E-state index contributed by atoms with van der Waals surface area (Å²) in [6, 6.07) is 3.86. The Bertz CT molecular complexity index is 810. The van der Waals surface area contributed by atoms with Crippen LogP contribution in [0.1, 0.15) is 28.8 Å². The zero-order valence-electron chi connectivity index (χ0n) is 13.1. The molecule has 2 N–H and O–H groups in total. The SMILES string of the molecule is O=P(O)(O)COc1ccc(CN2CCCC2)c2c1-c1ncsc1C2. The highest BCUT2D eigenvalue weighted by Gasteiger charge is 2.29. The molecule has 128 valence electrons. The Morgan fingerprint density at radius 2 is 2.08 bits per heavy atom. The summed E-state index contributed by atoms with van der Waals surface area (Å²) >= 11 is 1.62. The summed E-state index contributed by atoms with van der Waals surface area (Å²) in [5.41, 5.74) is 6.09. The number of rotatable bonds is 5. The maximum absolute atomic E-state index is 11.1. The van der Waals surface area contributed by atoms with Gasteiger partial charge in [0.05, 0.1) is 11.2 Å². The highest BCUT2D eigenvalue weighted by Crippen LogP contribution is 2.46. The number of benzene rings is 1. The van der Waals surface area contributed by atoms with Crippen molar-refractivity contribution in [1.82, 2.24) is 9.88 Å². The van der Waals surface area contributed by atoms with E-state index in [1.807, 2.05) is 17.6 Å². The van der Waals surface area contributed by atoms with Crippen LogP contribution in [0.5, 0.6) is 5.75 Å². The first kappa shape index (κ1) is 16.2. The van der Waals surface area contributed by atoms with Crippen molar-refractivity contribution >= 4 is 18.9 Å². The number of fused-ring (bicyclic) bond motifs is 3.